The molecule has 24 heavy (non-hydrogen) atoms. The normalized spacial score (nSPS) is 15.0. The summed E-state index contributed by atoms with van der Waals surface area (Å²) in [6.45, 7) is 2.77. The van der Waals surface area contributed by atoms with Crippen molar-refractivity contribution in [2.45, 2.75) is 38.2 Å². The first kappa shape index (κ1) is 20.6. The van der Waals surface area contributed by atoms with Gasteiger partial charge in [-0.15, -0.1) is 12.4 Å². The van der Waals surface area contributed by atoms with Gasteiger partial charge >= 0.3 is 0 Å². The van der Waals surface area contributed by atoms with Crippen LogP contribution in [0.2, 0.25) is 0 Å². The van der Waals surface area contributed by atoms with Gasteiger partial charge in [0.1, 0.15) is 0 Å². The Kier molecular flexibility index (Phi) is 9.60. The summed E-state index contributed by atoms with van der Waals surface area (Å²) in [6, 6.07) is 9.13. The quantitative estimate of drug-likeness (QED) is 0.575. The van der Waals surface area contributed by atoms with Crippen LogP contribution in [0.3, 0.4) is 0 Å². The number of hydrogen-bond acceptors (Lipinski definition) is 4. The number of halogens is 1. The minimum atomic E-state index is 0. The van der Waals surface area contributed by atoms with Crippen molar-refractivity contribution in [3.63, 3.8) is 0 Å². The number of nitrogens with zero attached hydrogens (tertiary/aromatic N) is 1. The molecule has 1 aromatic carbocycles. The molecule has 1 saturated heterocycles. The topological polar surface area (TPSA) is 72.6 Å². The van der Waals surface area contributed by atoms with Crippen molar-refractivity contribution >= 4 is 24.1 Å². The molecule has 2 rings (SSSR count). The third-order valence-corrected chi connectivity index (χ3v) is 4.16. The number of carbonyl (C=O) groups is 2. The van der Waals surface area contributed by atoms with Gasteiger partial charge in [0.05, 0.1) is 6.10 Å². The highest BCUT2D eigenvalue weighted by molar-refractivity contribution is 5.97. The van der Waals surface area contributed by atoms with Crippen LogP contribution in [0.5, 0.6) is 0 Å². The van der Waals surface area contributed by atoms with Crippen molar-refractivity contribution in [3.8, 4) is 0 Å². The van der Waals surface area contributed by atoms with E-state index in [1.807, 2.05) is 23.1 Å². The third-order valence-electron chi connectivity index (χ3n) is 4.16. The fraction of sp³-hybridized carbons (Fsp3) is 0.556. The highest BCUT2D eigenvalue weighted by Crippen LogP contribution is 2.16. The molecule has 2 N–H and O–H groups in total. The van der Waals surface area contributed by atoms with Crippen molar-refractivity contribution in [2.75, 3.05) is 26.2 Å². The summed E-state index contributed by atoms with van der Waals surface area (Å²) < 4.78 is 5.74. The van der Waals surface area contributed by atoms with Crippen LogP contribution in [0.15, 0.2) is 30.3 Å². The van der Waals surface area contributed by atoms with Crippen LogP contribution in [0.25, 0.3) is 0 Å². The molecule has 1 fully saturated rings. The second-order valence-corrected chi connectivity index (χ2v) is 5.88. The summed E-state index contributed by atoms with van der Waals surface area (Å²) in [5.74, 6) is 0.0913. The van der Waals surface area contributed by atoms with Crippen LogP contribution in [-0.2, 0) is 9.53 Å². The van der Waals surface area contributed by atoms with Crippen molar-refractivity contribution in [1.29, 1.82) is 0 Å². The lowest BCUT2D eigenvalue weighted by Crippen LogP contribution is -2.41. The van der Waals surface area contributed by atoms with Crippen molar-refractivity contribution < 1.29 is 14.3 Å². The number of piperidine rings is 1. The van der Waals surface area contributed by atoms with Gasteiger partial charge in [-0.3, -0.25) is 9.59 Å². The lowest BCUT2D eigenvalue weighted by Gasteiger charge is -2.32. The summed E-state index contributed by atoms with van der Waals surface area (Å²) in [5, 5.41) is 0. The van der Waals surface area contributed by atoms with Gasteiger partial charge in [-0.05, 0) is 25.8 Å². The van der Waals surface area contributed by atoms with Crippen LogP contribution in [-0.4, -0.2) is 48.9 Å². The van der Waals surface area contributed by atoms with Crippen LogP contribution in [0.1, 0.15) is 42.5 Å². The molecule has 134 valence electrons. The zero-order valence-electron chi connectivity index (χ0n) is 14.0. The van der Waals surface area contributed by atoms with E-state index >= 15 is 0 Å². The number of hydrogen-bond donors (Lipinski definition) is 1. The molecular weight excluding hydrogens is 328 g/mol. The molecule has 1 aliphatic rings. The van der Waals surface area contributed by atoms with Crippen LogP contribution >= 0.6 is 12.4 Å². The van der Waals surface area contributed by atoms with E-state index < -0.39 is 0 Å². The van der Waals surface area contributed by atoms with Crippen molar-refractivity contribution in [3.05, 3.63) is 35.9 Å². The van der Waals surface area contributed by atoms with E-state index in [0.717, 1.165) is 19.3 Å². The molecule has 0 saturated carbocycles. The number of carbonyl (C=O) groups excluding carboxylic acids is 2. The largest absolute Gasteiger partial charge is 0.378 e. The van der Waals surface area contributed by atoms with Gasteiger partial charge in [-0.2, -0.15) is 0 Å². The van der Waals surface area contributed by atoms with E-state index in [9.17, 15) is 9.59 Å². The smallest absolute Gasteiger partial charge is 0.223 e. The molecule has 6 heteroatoms. The first-order valence-electron chi connectivity index (χ1n) is 8.38. The predicted octanol–water partition coefficient (Wildman–Crippen LogP) is 2.43. The Balaban J connectivity index is 0.00000288. The van der Waals surface area contributed by atoms with Crippen LogP contribution in [0.4, 0.5) is 0 Å². The molecule has 1 aromatic rings. The fourth-order valence-electron chi connectivity index (χ4n) is 2.75. The zero-order chi connectivity index (χ0) is 16.5. The van der Waals surface area contributed by atoms with E-state index in [0.29, 0.717) is 31.8 Å². The molecule has 1 amide bonds. The standard InChI is InChI=1S/C18H26N2O3.ClH/c19-11-4-14-23-16-9-12-20(13-10-16)18(22)8-7-17(21)15-5-2-1-3-6-15;/h1-3,5-6,16H,4,7-14,19H2;1H. The summed E-state index contributed by atoms with van der Waals surface area (Å²) in [7, 11) is 0. The first-order chi connectivity index (χ1) is 11.2. The second-order valence-electron chi connectivity index (χ2n) is 5.88. The predicted molar refractivity (Wildman–Crippen MR) is 96.5 cm³/mol. The molecule has 0 radical (unpaired) electrons. The van der Waals surface area contributed by atoms with Gasteiger partial charge < -0.3 is 15.4 Å². The van der Waals surface area contributed by atoms with Gasteiger partial charge in [-0.1, -0.05) is 30.3 Å². The maximum absolute atomic E-state index is 12.2. The fourth-order valence-corrected chi connectivity index (χ4v) is 2.75. The Morgan fingerprint density at radius 3 is 2.42 bits per heavy atom. The third kappa shape index (κ3) is 6.59. The number of amides is 1. The number of rotatable bonds is 8. The molecule has 5 nitrogen and oxygen atoms in total. The first-order valence-corrected chi connectivity index (χ1v) is 8.38. The van der Waals surface area contributed by atoms with Gasteiger partial charge in [0, 0.05) is 38.1 Å². The maximum atomic E-state index is 12.2. The molecule has 1 aliphatic heterocycles. The minimum absolute atomic E-state index is 0. The average molecular weight is 355 g/mol. The Hall–Kier alpha value is -1.43. The monoisotopic (exact) mass is 354 g/mol. The summed E-state index contributed by atoms with van der Waals surface area (Å²) >= 11 is 0. The molecular formula is C18H27ClN2O3. The molecule has 0 atom stereocenters. The Labute approximate surface area is 149 Å². The highest BCUT2D eigenvalue weighted by atomic mass is 35.5. The number of Topliss-reactive ketones (excluding diaryl/α,β-unsaturated/α-hetero) is 1. The lowest BCUT2D eigenvalue weighted by atomic mass is 10.0. The van der Waals surface area contributed by atoms with Gasteiger partial charge in [0.2, 0.25) is 5.91 Å². The van der Waals surface area contributed by atoms with E-state index in [-0.39, 0.29) is 43.0 Å². The minimum Gasteiger partial charge on any atom is -0.378 e. The van der Waals surface area contributed by atoms with E-state index in [1.165, 1.54) is 0 Å². The van der Waals surface area contributed by atoms with Crippen molar-refractivity contribution in [1.82, 2.24) is 4.90 Å². The molecule has 0 aliphatic carbocycles. The zero-order valence-corrected chi connectivity index (χ0v) is 14.8. The van der Waals surface area contributed by atoms with Gasteiger partial charge in [0.15, 0.2) is 5.78 Å². The number of ether oxygens (including phenoxy) is 1. The Morgan fingerprint density at radius 1 is 1.12 bits per heavy atom. The number of ketones is 1. The molecule has 0 spiro atoms. The average Bonchev–Trinajstić information content (AvgIpc) is 2.61. The van der Waals surface area contributed by atoms with Gasteiger partial charge in [-0.25, -0.2) is 0 Å². The molecule has 1 heterocycles. The highest BCUT2D eigenvalue weighted by Gasteiger charge is 2.23. The van der Waals surface area contributed by atoms with Gasteiger partial charge in [0.25, 0.3) is 0 Å². The van der Waals surface area contributed by atoms with Crippen molar-refractivity contribution in [2.24, 2.45) is 5.73 Å². The second kappa shape index (κ2) is 11.2. The van der Waals surface area contributed by atoms with Crippen LogP contribution < -0.4 is 5.73 Å². The Bertz CT molecular complexity index is 502. The number of nitrogens with two attached hydrogens (primary N) is 1. The Morgan fingerprint density at radius 2 is 1.79 bits per heavy atom. The lowest BCUT2D eigenvalue weighted by molar-refractivity contribution is -0.133. The number of benzene rings is 1. The molecule has 0 aromatic heterocycles. The maximum Gasteiger partial charge on any atom is 0.223 e. The molecule has 0 unspecified atom stereocenters. The van der Waals surface area contributed by atoms with E-state index in [2.05, 4.69) is 0 Å². The van der Waals surface area contributed by atoms with E-state index in [4.69, 9.17) is 10.5 Å². The van der Waals surface area contributed by atoms with E-state index in [1.54, 1.807) is 12.1 Å². The SMILES string of the molecule is Cl.NCCCOC1CCN(C(=O)CCC(=O)c2ccccc2)CC1. The summed E-state index contributed by atoms with van der Waals surface area (Å²) in [4.78, 5) is 26.1. The summed E-state index contributed by atoms with van der Waals surface area (Å²) in [5.41, 5.74) is 6.12. The molecule has 0 bridgehead atoms. The number of likely N-dealkylation sites (tertiary alicyclic amines) is 1. The summed E-state index contributed by atoms with van der Waals surface area (Å²) in [6.07, 6.45) is 3.39. The van der Waals surface area contributed by atoms with Crippen LogP contribution in [0, 0.1) is 0 Å².